The van der Waals surface area contributed by atoms with Gasteiger partial charge in [-0.3, -0.25) is 0 Å². The van der Waals surface area contributed by atoms with Gasteiger partial charge >= 0.3 is 0 Å². The molecule has 1 nitrogen and oxygen atoms in total. The summed E-state index contributed by atoms with van der Waals surface area (Å²) in [6.45, 7) is 4.55. The van der Waals surface area contributed by atoms with Crippen LogP contribution >= 0.6 is 23.1 Å². The van der Waals surface area contributed by atoms with E-state index in [4.69, 9.17) is 0 Å². The van der Waals surface area contributed by atoms with Crippen LogP contribution in [0.15, 0.2) is 21.7 Å². The highest BCUT2D eigenvalue weighted by atomic mass is 32.2. The van der Waals surface area contributed by atoms with Crippen molar-refractivity contribution < 1.29 is 0 Å². The van der Waals surface area contributed by atoms with Crippen LogP contribution in [-0.2, 0) is 0 Å². The summed E-state index contributed by atoms with van der Waals surface area (Å²) in [5, 5.41) is 5.60. The van der Waals surface area contributed by atoms with Gasteiger partial charge < -0.3 is 5.32 Å². The molecule has 0 radical (unpaired) electrons. The zero-order valence-corrected chi connectivity index (χ0v) is 10.4. The molecule has 1 aromatic rings. The Morgan fingerprint density at radius 2 is 2.29 bits per heavy atom. The maximum Gasteiger partial charge on any atom is 0.0598 e. The summed E-state index contributed by atoms with van der Waals surface area (Å²) in [6.07, 6.45) is 3.98. The third kappa shape index (κ3) is 5.68. The molecule has 0 aliphatic rings. The second-order valence-electron chi connectivity index (χ2n) is 3.24. The van der Waals surface area contributed by atoms with Crippen molar-refractivity contribution in [1.82, 2.24) is 5.32 Å². The van der Waals surface area contributed by atoms with E-state index in [9.17, 15) is 0 Å². The molecule has 1 heterocycles. The summed E-state index contributed by atoms with van der Waals surface area (Å²) in [7, 11) is 0. The molecule has 0 fully saturated rings. The van der Waals surface area contributed by atoms with Crippen molar-refractivity contribution in [1.29, 1.82) is 0 Å². The van der Waals surface area contributed by atoms with Crippen LogP contribution < -0.4 is 5.32 Å². The fraction of sp³-hybridized carbons (Fsp3) is 0.636. The van der Waals surface area contributed by atoms with E-state index in [2.05, 4.69) is 29.8 Å². The Balaban J connectivity index is 1.85. The van der Waals surface area contributed by atoms with Crippen molar-refractivity contribution in [3.8, 4) is 0 Å². The average Bonchev–Trinajstić information content (AvgIpc) is 2.69. The first kappa shape index (κ1) is 12.1. The van der Waals surface area contributed by atoms with Gasteiger partial charge in [-0.1, -0.05) is 25.8 Å². The van der Waals surface area contributed by atoms with E-state index in [0.717, 1.165) is 6.54 Å². The maximum absolute atomic E-state index is 3.47. The third-order valence-electron chi connectivity index (χ3n) is 1.98. The van der Waals surface area contributed by atoms with Crippen LogP contribution in [0.2, 0.25) is 0 Å². The highest BCUT2D eigenvalue weighted by Crippen LogP contribution is 2.22. The smallest absolute Gasteiger partial charge is 0.0598 e. The number of hydrogen-bond acceptors (Lipinski definition) is 3. The van der Waals surface area contributed by atoms with Crippen molar-refractivity contribution in [3.05, 3.63) is 17.5 Å². The standard InChI is InChI=1S/C11H19NS2/c1-2-3-4-7-12-8-10-14-11-6-5-9-13-11/h5-6,9,12H,2-4,7-8,10H2,1H3. The van der Waals surface area contributed by atoms with E-state index in [1.54, 1.807) is 0 Å². The minimum Gasteiger partial charge on any atom is -0.316 e. The predicted molar refractivity (Wildman–Crippen MR) is 67.4 cm³/mol. The Kier molecular flexibility index (Phi) is 7.19. The van der Waals surface area contributed by atoms with Crippen LogP contribution in [0.5, 0.6) is 0 Å². The van der Waals surface area contributed by atoms with Gasteiger partial charge in [-0.05, 0) is 24.4 Å². The van der Waals surface area contributed by atoms with Gasteiger partial charge in [-0.25, -0.2) is 0 Å². The Hall–Kier alpha value is 0.01000. The molecule has 0 spiro atoms. The number of thioether (sulfide) groups is 1. The van der Waals surface area contributed by atoms with Crippen molar-refractivity contribution in [2.24, 2.45) is 0 Å². The molecule has 0 aliphatic heterocycles. The predicted octanol–water partition coefficient (Wildman–Crippen LogP) is 3.62. The van der Waals surface area contributed by atoms with E-state index in [1.165, 1.54) is 35.8 Å². The number of nitrogens with one attached hydrogen (secondary N) is 1. The van der Waals surface area contributed by atoms with Crippen molar-refractivity contribution >= 4 is 23.1 Å². The Labute approximate surface area is 95.3 Å². The normalized spacial score (nSPS) is 10.6. The number of unbranched alkanes of at least 4 members (excludes halogenated alkanes) is 2. The molecule has 0 aliphatic carbocycles. The van der Waals surface area contributed by atoms with Gasteiger partial charge in [0.2, 0.25) is 0 Å². The van der Waals surface area contributed by atoms with Crippen molar-refractivity contribution in [3.63, 3.8) is 0 Å². The molecular formula is C11H19NS2. The molecule has 1 aromatic heterocycles. The molecule has 1 rings (SSSR count). The van der Waals surface area contributed by atoms with Crippen LogP contribution in [0.1, 0.15) is 26.2 Å². The van der Waals surface area contributed by atoms with Gasteiger partial charge in [-0.15, -0.1) is 23.1 Å². The van der Waals surface area contributed by atoms with Crippen molar-refractivity contribution in [2.75, 3.05) is 18.8 Å². The largest absolute Gasteiger partial charge is 0.316 e. The molecule has 0 aromatic carbocycles. The van der Waals surface area contributed by atoms with Gasteiger partial charge in [0.1, 0.15) is 0 Å². The first-order chi connectivity index (χ1) is 6.93. The van der Waals surface area contributed by atoms with Crippen LogP contribution in [-0.4, -0.2) is 18.8 Å². The zero-order chi connectivity index (χ0) is 10.1. The lowest BCUT2D eigenvalue weighted by molar-refractivity contribution is 0.636. The number of rotatable bonds is 8. The van der Waals surface area contributed by atoms with E-state index >= 15 is 0 Å². The molecule has 0 unspecified atom stereocenters. The fourth-order valence-electron chi connectivity index (χ4n) is 1.19. The summed E-state index contributed by atoms with van der Waals surface area (Å²) in [4.78, 5) is 0. The average molecular weight is 229 g/mol. The zero-order valence-electron chi connectivity index (χ0n) is 8.79. The molecule has 0 atom stereocenters. The van der Waals surface area contributed by atoms with Gasteiger partial charge in [0, 0.05) is 12.3 Å². The molecule has 80 valence electrons. The Bertz CT molecular complexity index is 209. The van der Waals surface area contributed by atoms with Crippen LogP contribution in [0.3, 0.4) is 0 Å². The van der Waals surface area contributed by atoms with Crippen molar-refractivity contribution in [2.45, 2.75) is 30.4 Å². The van der Waals surface area contributed by atoms with Crippen LogP contribution in [0.25, 0.3) is 0 Å². The summed E-state index contributed by atoms with van der Waals surface area (Å²) < 4.78 is 1.43. The summed E-state index contributed by atoms with van der Waals surface area (Å²) in [6, 6.07) is 4.30. The summed E-state index contributed by atoms with van der Waals surface area (Å²) in [5.41, 5.74) is 0. The lowest BCUT2D eigenvalue weighted by Gasteiger charge is -2.02. The highest BCUT2D eigenvalue weighted by molar-refractivity contribution is 8.01. The van der Waals surface area contributed by atoms with E-state index < -0.39 is 0 Å². The molecule has 0 bridgehead atoms. The summed E-state index contributed by atoms with van der Waals surface area (Å²) >= 11 is 3.78. The van der Waals surface area contributed by atoms with Gasteiger partial charge in [0.05, 0.1) is 4.21 Å². The second kappa shape index (κ2) is 8.33. The topological polar surface area (TPSA) is 12.0 Å². The molecule has 0 amide bonds. The molecule has 0 saturated carbocycles. The fourth-order valence-corrected chi connectivity index (χ4v) is 2.95. The van der Waals surface area contributed by atoms with E-state index in [1.807, 2.05) is 23.1 Å². The van der Waals surface area contributed by atoms with Crippen LogP contribution in [0.4, 0.5) is 0 Å². The monoisotopic (exact) mass is 229 g/mol. The second-order valence-corrected chi connectivity index (χ2v) is 5.58. The number of hydrogen-bond donors (Lipinski definition) is 1. The first-order valence-electron chi connectivity index (χ1n) is 5.30. The number of thiophene rings is 1. The lowest BCUT2D eigenvalue weighted by Crippen LogP contribution is -2.18. The van der Waals surface area contributed by atoms with E-state index in [-0.39, 0.29) is 0 Å². The minimum atomic E-state index is 1.13. The summed E-state index contributed by atoms with van der Waals surface area (Å²) in [5.74, 6) is 1.19. The van der Waals surface area contributed by atoms with Gasteiger partial charge in [-0.2, -0.15) is 0 Å². The van der Waals surface area contributed by atoms with Gasteiger partial charge in [0.15, 0.2) is 0 Å². The minimum absolute atomic E-state index is 1.13. The van der Waals surface area contributed by atoms with E-state index in [0.29, 0.717) is 0 Å². The lowest BCUT2D eigenvalue weighted by atomic mass is 10.2. The molecule has 14 heavy (non-hydrogen) atoms. The Morgan fingerprint density at radius 1 is 1.36 bits per heavy atom. The third-order valence-corrected chi connectivity index (χ3v) is 4.11. The molecule has 0 saturated heterocycles. The molecule has 1 N–H and O–H groups in total. The highest BCUT2D eigenvalue weighted by Gasteiger charge is 1.93. The maximum atomic E-state index is 3.47. The molecular weight excluding hydrogens is 210 g/mol. The first-order valence-corrected chi connectivity index (χ1v) is 7.17. The van der Waals surface area contributed by atoms with Crippen LogP contribution in [0, 0.1) is 0 Å². The quantitative estimate of drug-likeness (QED) is 0.540. The van der Waals surface area contributed by atoms with Gasteiger partial charge in [0.25, 0.3) is 0 Å². The molecule has 3 heteroatoms. The SMILES string of the molecule is CCCCCNCCSc1cccs1. The Morgan fingerprint density at radius 3 is 3.00 bits per heavy atom.